The van der Waals surface area contributed by atoms with Crippen LogP contribution in [0, 0.1) is 10.8 Å². The highest BCUT2D eigenvalue weighted by Crippen LogP contribution is 2.62. The molecule has 1 aromatic rings. The number of benzene rings is 1. The van der Waals surface area contributed by atoms with Crippen molar-refractivity contribution >= 4 is 23.5 Å². The Balaban J connectivity index is 1.83. The number of aliphatic hydroxyl groups excluding tert-OH is 1. The number of Topliss-reactive ketones (excluding diaryl/α,β-unsaturated/α-hetero) is 1. The number of ketones is 1. The first kappa shape index (κ1) is 19.6. The number of hydrogen-bond acceptors (Lipinski definition) is 5. The molecule has 156 valence electrons. The van der Waals surface area contributed by atoms with E-state index in [9.17, 15) is 14.7 Å². The molecule has 2 aliphatic heterocycles. The van der Waals surface area contributed by atoms with Crippen LogP contribution in [0.15, 0.2) is 46.4 Å². The summed E-state index contributed by atoms with van der Waals surface area (Å²) in [6, 6.07) is 3.69. The third-order valence-corrected chi connectivity index (χ3v) is 8.22. The number of fused-ring (bicyclic) bond motifs is 3. The van der Waals surface area contributed by atoms with Crippen molar-refractivity contribution in [2.45, 2.75) is 45.9 Å². The Kier molecular flexibility index (Phi) is 3.86. The van der Waals surface area contributed by atoms with Crippen molar-refractivity contribution in [3.05, 3.63) is 63.1 Å². The number of thioether (sulfide) groups is 1. The molecule has 3 unspecified atom stereocenters. The molecule has 2 aliphatic carbocycles. The van der Waals surface area contributed by atoms with Crippen LogP contribution < -0.4 is 10.1 Å². The number of nitrogens with one attached hydrogen (secondary N) is 1. The second-order valence-corrected chi connectivity index (χ2v) is 10.2. The molecule has 2 heterocycles. The van der Waals surface area contributed by atoms with Gasteiger partial charge in [-0.3, -0.25) is 9.59 Å². The minimum atomic E-state index is -1.10. The SMILES string of the molecule is CSC1=CC23Oc4c(ccc5c4C(O)NC5=O)CC2(C)C(C)=CC=C3C(C)(C)C1=O. The van der Waals surface area contributed by atoms with Gasteiger partial charge < -0.3 is 15.2 Å². The number of aliphatic hydroxyl groups is 1. The number of carbonyl (C=O) groups is 2. The molecule has 5 rings (SSSR count). The molecule has 0 saturated carbocycles. The minimum Gasteiger partial charge on any atom is -0.477 e. The normalized spacial score (nSPS) is 33.1. The molecule has 1 amide bonds. The Morgan fingerprint density at radius 2 is 1.93 bits per heavy atom. The average Bonchev–Trinajstić information content (AvgIpc) is 2.98. The Morgan fingerprint density at radius 3 is 2.63 bits per heavy atom. The molecular weight excluding hydrogens is 398 g/mol. The average molecular weight is 424 g/mol. The summed E-state index contributed by atoms with van der Waals surface area (Å²) in [5.74, 6) is 0.342. The molecule has 30 heavy (non-hydrogen) atoms. The maximum atomic E-state index is 13.2. The van der Waals surface area contributed by atoms with Gasteiger partial charge in [-0.1, -0.05) is 30.7 Å². The van der Waals surface area contributed by atoms with Crippen LogP contribution in [0.1, 0.15) is 55.4 Å². The fraction of sp³-hybridized carbons (Fsp3) is 0.417. The van der Waals surface area contributed by atoms with E-state index in [-0.39, 0.29) is 11.7 Å². The summed E-state index contributed by atoms with van der Waals surface area (Å²) in [4.78, 5) is 26.2. The van der Waals surface area contributed by atoms with E-state index in [0.717, 1.165) is 11.1 Å². The largest absolute Gasteiger partial charge is 0.477 e. The molecule has 0 saturated heterocycles. The molecule has 0 radical (unpaired) electrons. The maximum Gasteiger partial charge on any atom is 0.254 e. The number of allylic oxidation sites excluding steroid dienone is 3. The molecule has 4 aliphatic rings. The van der Waals surface area contributed by atoms with Gasteiger partial charge in [-0.25, -0.2) is 0 Å². The predicted octanol–water partition coefficient (Wildman–Crippen LogP) is 3.84. The molecule has 0 fully saturated rings. The number of amides is 1. The smallest absolute Gasteiger partial charge is 0.254 e. The van der Waals surface area contributed by atoms with Crippen LogP contribution in [0.3, 0.4) is 0 Å². The van der Waals surface area contributed by atoms with Crippen molar-refractivity contribution in [2.75, 3.05) is 6.26 Å². The Morgan fingerprint density at radius 1 is 1.20 bits per heavy atom. The second kappa shape index (κ2) is 5.89. The van der Waals surface area contributed by atoms with Crippen LogP contribution in [0.4, 0.5) is 0 Å². The Bertz CT molecular complexity index is 1130. The van der Waals surface area contributed by atoms with E-state index in [1.807, 2.05) is 38.3 Å². The third kappa shape index (κ3) is 2.13. The summed E-state index contributed by atoms with van der Waals surface area (Å²) in [5.41, 5.74) is 1.99. The van der Waals surface area contributed by atoms with Crippen molar-refractivity contribution in [1.82, 2.24) is 5.32 Å². The lowest BCUT2D eigenvalue weighted by Gasteiger charge is -2.58. The van der Waals surface area contributed by atoms with Gasteiger partial charge in [0, 0.05) is 5.41 Å². The predicted molar refractivity (Wildman–Crippen MR) is 116 cm³/mol. The highest BCUT2D eigenvalue weighted by atomic mass is 32.2. The molecule has 6 heteroatoms. The topological polar surface area (TPSA) is 75.6 Å². The van der Waals surface area contributed by atoms with E-state index in [1.54, 1.807) is 6.07 Å². The first-order valence-electron chi connectivity index (χ1n) is 10.1. The van der Waals surface area contributed by atoms with Crippen molar-refractivity contribution in [3.63, 3.8) is 0 Å². The number of hydrogen-bond donors (Lipinski definition) is 2. The number of rotatable bonds is 1. The third-order valence-electron chi connectivity index (χ3n) is 7.48. The molecule has 3 atom stereocenters. The lowest BCUT2D eigenvalue weighted by Crippen LogP contribution is -2.62. The standard InChI is InChI=1S/C24H25NO4S/c1-12-6-9-16-22(2,3)19(26)15(30-5)11-24(16)23(12,4)10-13-7-8-14-17(18(13)29-24)21(28)25-20(14)27/h6-9,11,21,28H,10H2,1-5H3,(H,25,27). The molecule has 0 aromatic heterocycles. The summed E-state index contributed by atoms with van der Waals surface area (Å²) in [6.07, 6.45) is 7.59. The van der Waals surface area contributed by atoms with Gasteiger partial charge in [-0.15, -0.1) is 11.8 Å². The summed E-state index contributed by atoms with van der Waals surface area (Å²) in [6.45, 7) is 8.19. The Hall–Kier alpha value is -2.31. The van der Waals surface area contributed by atoms with Gasteiger partial charge >= 0.3 is 0 Å². The zero-order valence-corrected chi connectivity index (χ0v) is 18.6. The van der Waals surface area contributed by atoms with Crippen molar-refractivity contribution in [1.29, 1.82) is 0 Å². The van der Waals surface area contributed by atoms with Gasteiger partial charge in [0.15, 0.2) is 17.6 Å². The van der Waals surface area contributed by atoms with Gasteiger partial charge in [0.25, 0.3) is 5.91 Å². The number of ether oxygens (including phenoxy) is 1. The van der Waals surface area contributed by atoms with Crippen LogP contribution >= 0.6 is 11.8 Å². The van der Waals surface area contributed by atoms with Crippen LogP contribution in [0.5, 0.6) is 5.75 Å². The van der Waals surface area contributed by atoms with Crippen LogP contribution in [0.2, 0.25) is 0 Å². The molecule has 1 spiro atoms. The number of carbonyl (C=O) groups excluding carboxylic acids is 2. The zero-order chi connectivity index (χ0) is 21.6. The van der Waals surface area contributed by atoms with E-state index >= 15 is 0 Å². The molecule has 1 aromatic carbocycles. The van der Waals surface area contributed by atoms with Gasteiger partial charge in [0.1, 0.15) is 5.75 Å². The maximum absolute atomic E-state index is 13.2. The van der Waals surface area contributed by atoms with E-state index in [4.69, 9.17) is 4.74 Å². The van der Waals surface area contributed by atoms with Gasteiger partial charge in [0.05, 0.1) is 21.4 Å². The molecule has 0 bridgehead atoms. The quantitative estimate of drug-likeness (QED) is 0.718. The lowest BCUT2D eigenvalue weighted by molar-refractivity contribution is -0.124. The molecule has 2 N–H and O–H groups in total. The van der Waals surface area contributed by atoms with E-state index < -0.39 is 22.7 Å². The fourth-order valence-electron chi connectivity index (χ4n) is 5.51. The van der Waals surface area contributed by atoms with Crippen LogP contribution in [-0.4, -0.2) is 28.7 Å². The lowest BCUT2D eigenvalue weighted by atomic mass is 9.52. The monoisotopic (exact) mass is 423 g/mol. The van der Waals surface area contributed by atoms with E-state index in [0.29, 0.717) is 28.2 Å². The van der Waals surface area contributed by atoms with Gasteiger partial charge in [-0.2, -0.15) is 0 Å². The van der Waals surface area contributed by atoms with E-state index in [1.165, 1.54) is 17.3 Å². The minimum absolute atomic E-state index is 0.0896. The van der Waals surface area contributed by atoms with Crippen molar-refractivity contribution < 1.29 is 19.4 Å². The van der Waals surface area contributed by atoms with Crippen LogP contribution in [-0.2, 0) is 11.2 Å². The van der Waals surface area contributed by atoms with Crippen molar-refractivity contribution in [3.8, 4) is 5.75 Å². The Labute approximate surface area is 180 Å². The van der Waals surface area contributed by atoms with E-state index in [2.05, 4.69) is 25.2 Å². The molecular formula is C24H25NO4S. The van der Waals surface area contributed by atoms with Crippen LogP contribution in [0.25, 0.3) is 0 Å². The van der Waals surface area contributed by atoms with Gasteiger partial charge in [-0.05, 0) is 56.7 Å². The highest BCUT2D eigenvalue weighted by Gasteiger charge is 2.63. The first-order valence-corrected chi connectivity index (χ1v) is 11.3. The molecule has 5 nitrogen and oxygen atoms in total. The fourth-order valence-corrected chi connectivity index (χ4v) is 6.23. The second-order valence-electron chi connectivity index (χ2n) is 9.33. The summed E-state index contributed by atoms with van der Waals surface area (Å²) >= 11 is 1.44. The highest BCUT2D eigenvalue weighted by molar-refractivity contribution is 8.03. The summed E-state index contributed by atoms with van der Waals surface area (Å²) < 4.78 is 6.88. The zero-order valence-electron chi connectivity index (χ0n) is 17.8. The van der Waals surface area contributed by atoms with Gasteiger partial charge in [0.2, 0.25) is 0 Å². The first-order chi connectivity index (χ1) is 14.1. The summed E-state index contributed by atoms with van der Waals surface area (Å²) in [7, 11) is 0. The van der Waals surface area contributed by atoms with Crippen molar-refractivity contribution in [2.24, 2.45) is 10.8 Å². The summed E-state index contributed by atoms with van der Waals surface area (Å²) in [5, 5.41) is 13.1.